The van der Waals surface area contributed by atoms with Gasteiger partial charge in [0.25, 0.3) is 0 Å². The van der Waals surface area contributed by atoms with E-state index in [2.05, 4.69) is 16.8 Å². The highest BCUT2D eigenvalue weighted by atomic mass is 32.1. The first-order chi connectivity index (χ1) is 8.66. The van der Waals surface area contributed by atoms with Crippen molar-refractivity contribution in [1.82, 2.24) is 9.38 Å². The summed E-state index contributed by atoms with van der Waals surface area (Å²) in [5.74, 6) is 0.439. The molecule has 0 unspecified atom stereocenters. The lowest BCUT2D eigenvalue weighted by Crippen LogP contribution is -2.34. The van der Waals surface area contributed by atoms with Crippen molar-refractivity contribution >= 4 is 28.1 Å². The van der Waals surface area contributed by atoms with Crippen molar-refractivity contribution in [1.29, 1.82) is 0 Å². The lowest BCUT2D eigenvalue weighted by Gasteiger charge is -2.30. The van der Waals surface area contributed by atoms with Crippen molar-refractivity contribution in [3.8, 4) is 0 Å². The fourth-order valence-electron chi connectivity index (χ4n) is 2.41. The molecule has 0 radical (unpaired) electrons. The van der Waals surface area contributed by atoms with Gasteiger partial charge in [-0.3, -0.25) is 4.40 Å². The van der Waals surface area contributed by atoms with Gasteiger partial charge in [0.2, 0.25) is 0 Å². The van der Waals surface area contributed by atoms with Crippen LogP contribution in [-0.2, 0) is 0 Å². The normalized spacial score (nSPS) is 17.5. The highest BCUT2D eigenvalue weighted by Gasteiger charge is 2.26. The summed E-state index contributed by atoms with van der Waals surface area (Å²) in [6.07, 6.45) is 3.97. The summed E-state index contributed by atoms with van der Waals surface area (Å²) < 4.78 is 1.67. The molecule has 6 heteroatoms. The standard InChI is InChI=1S/C12H15N3O2S/c1-8-2-4-14(5-3-8)10-9(11(16)17)15-6-7-18-12(15)13-10/h6-8H,2-5H2,1H3,(H,16,17). The van der Waals surface area contributed by atoms with E-state index in [4.69, 9.17) is 0 Å². The molecule has 2 aromatic heterocycles. The molecule has 0 spiro atoms. The number of fused-ring (bicyclic) bond motifs is 1. The maximum Gasteiger partial charge on any atom is 0.356 e. The van der Waals surface area contributed by atoms with E-state index in [-0.39, 0.29) is 0 Å². The molecule has 18 heavy (non-hydrogen) atoms. The lowest BCUT2D eigenvalue weighted by molar-refractivity contribution is 0.0690. The van der Waals surface area contributed by atoms with Crippen molar-refractivity contribution < 1.29 is 9.90 Å². The average molecular weight is 265 g/mol. The van der Waals surface area contributed by atoms with Gasteiger partial charge in [-0.05, 0) is 18.8 Å². The van der Waals surface area contributed by atoms with Gasteiger partial charge in [0.1, 0.15) is 0 Å². The van der Waals surface area contributed by atoms with Crippen LogP contribution in [0, 0.1) is 5.92 Å². The molecule has 1 saturated heterocycles. The van der Waals surface area contributed by atoms with Crippen LogP contribution in [-0.4, -0.2) is 33.6 Å². The predicted octanol–water partition coefficient (Wildman–Crippen LogP) is 2.33. The van der Waals surface area contributed by atoms with Gasteiger partial charge >= 0.3 is 5.97 Å². The minimum Gasteiger partial charge on any atom is -0.476 e. The zero-order chi connectivity index (χ0) is 12.7. The number of piperidine rings is 1. The predicted molar refractivity (Wildman–Crippen MR) is 70.6 cm³/mol. The van der Waals surface area contributed by atoms with Crippen LogP contribution >= 0.6 is 11.3 Å². The van der Waals surface area contributed by atoms with Gasteiger partial charge in [0.05, 0.1) is 0 Å². The largest absolute Gasteiger partial charge is 0.476 e. The number of hydrogen-bond acceptors (Lipinski definition) is 4. The van der Waals surface area contributed by atoms with Crippen LogP contribution in [0.25, 0.3) is 4.96 Å². The van der Waals surface area contributed by atoms with Crippen molar-refractivity contribution in [2.45, 2.75) is 19.8 Å². The molecule has 0 saturated carbocycles. The number of imidazole rings is 1. The first-order valence-corrected chi connectivity index (χ1v) is 6.98. The van der Waals surface area contributed by atoms with Crippen molar-refractivity contribution in [3.05, 3.63) is 17.3 Å². The quantitative estimate of drug-likeness (QED) is 0.905. The molecule has 0 aromatic carbocycles. The fraction of sp³-hybridized carbons (Fsp3) is 0.500. The van der Waals surface area contributed by atoms with E-state index in [1.807, 2.05) is 5.38 Å². The van der Waals surface area contributed by atoms with Gasteiger partial charge in [-0.1, -0.05) is 6.92 Å². The van der Waals surface area contributed by atoms with Crippen LogP contribution < -0.4 is 4.90 Å². The summed E-state index contributed by atoms with van der Waals surface area (Å²) in [4.78, 5) is 18.7. The number of rotatable bonds is 2. The van der Waals surface area contributed by atoms with E-state index in [1.165, 1.54) is 11.3 Å². The summed E-state index contributed by atoms with van der Waals surface area (Å²) in [6.45, 7) is 4.03. The van der Waals surface area contributed by atoms with Crippen LogP contribution in [0.1, 0.15) is 30.3 Å². The molecule has 3 rings (SSSR count). The number of carboxylic acids is 1. The number of carboxylic acid groups (broad SMARTS) is 1. The lowest BCUT2D eigenvalue weighted by atomic mass is 9.99. The van der Waals surface area contributed by atoms with Crippen molar-refractivity contribution in [2.75, 3.05) is 18.0 Å². The molecule has 1 aliphatic rings. The number of aromatic carboxylic acids is 1. The molecule has 0 amide bonds. The maximum absolute atomic E-state index is 11.4. The number of carbonyl (C=O) groups is 1. The first kappa shape index (κ1) is 11.5. The second-order valence-corrected chi connectivity index (χ2v) is 5.69. The van der Waals surface area contributed by atoms with Gasteiger partial charge in [-0.25, -0.2) is 9.78 Å². The van der Waals surface area contributed by atoms with Gasteiger partial charge in [0.15, 0.2) is 16.5 Å². The molecule has 1 fully saturated rings. The molecule has 0 aliphatic carbocycles. The summed E-state index contributed by atoms with van der Waals surface area (Å²) in [6, 6.07) is 0. The van der Waals surface area contributed by atoms with Crippen LogP contribution in [0.15, 0.2) is 11.6 Å². The van der Waals surface area contributed by atoms with Crippen molar-refractivity contribution in [3.63, 3.8) is 0 Å². The minimum atomic E-state index is -0.908. The Hall–Kier alpha value is -1.56. The third-order valence-electron chi connectivity index (χ3n) is 3.53. The molecule has 1 N–H and O–H groups in total. The highest BCUT2D eigenvalue weighted by molar-refractivity contribution is 7.15. The van der Waals surface area contributed by atoms with E-state index >= 15 is 0 Å². The van der Waals surface area contributed by atoms with E-state index < -0.39 is 5.97 Å². The highest BCUT2D eigenvalue weighted by Crippen LogP contribution is 2.28. The van der Waals surface area contributed by atoms with Crippen LogP contribution in [0.3, 0.4) is 0 Å². The third-order valence-corrected chi connectivity index (χ3v) is 4.29. The zero-order valence-electron chi connectivity index (χ0n) is 10.2. The number of thiazole rings is 1. The SMILES string of the molecule is CC1CCN(c2nc3sccn3c2C(=O)O)CC1. The Kier molecular flexibility index (Phi) is 2.74. The summed E-state index contributed by atoms with van der Waals surface area (Å²) >= 11 is 1.47. The van der Waals surface area contributed by atoms with E-state index in [1.54, 1.807) is 10.6 Å². The van der Waals surface area contributed by atoms with Crippen molar-refractivity contribution in [2.24, 2.45) is 5.92 Å². The maximum atomic E-state index is 11.4. The smallest absolute Gasteiger partial charge is 0.356 e. The molecule has 96 valence electrons. The number of nitrogens with zero attached hydrogens (tertiary/aromatic N) is 3. The van der Waals surface area contributed by atoms with Crippen LogP contribution in [0.2, 0.25) is 0 Å². The minimum absolute atomic E-state index is 0.292. The Morgan fingerprint density at radius 3 is 2.89 bits per heavy atom. The molecule has 3 heterocycles. The molecule has 0 bridgehead atoms. The Balaban J connectivity index is 2.02. The summed E-state index contributed by atoms with van der Waals surface area (Å²) in [7, 11) is 0. The Morgan fingerprint density at radius 1 is 1.50 bits per heavy atom. The van der Waals surface area contributed by atoms with Crippen LogP contribution in [0.4, 0.5) is 5.82 Å². The Labute approximate surface area is 109 Å². The molecule has 1 aliphatic heterocycles. The van der Waals surface area contributed by atoms with Gasteiger partial charge in [-0.15, -0.1) is 11.3 Å². The topological polar surface area (TPSA) is 57.8 Å². The van der Waals surface area contributed by atoms with E-state index in [0.717, 1.165) is 36.8 Å². The fourth-order valence-corrected chi connectivity index (χ4v) is 3.12. The molecule has 2 aromatic rings. The Morgan fingerprint density at radius 2 is 2.22 bits per heavy atom. The average Bonchev–Trinajstić information content (AvgIpc) is 2.88. The van der Waals surface area contributed by atoms with Gasteiger partial charge in [0, 0.05) is 24.7 Å². The van der Waals surface area contributed by atoms with Gasteiger partial charge < -0.3 is 10.0 Å². The van der Waals surface area contributed by atoms with E-state index in [9.17, 15) is 9.90 Å². The molecule has 0 atom stereocenters. The summed E-state index contributed by atoms with van der Waals surface area (Å²) in [5.41, 5.74) is 0.292. The first-order valence-electron chi connectivity index (χ1n) is 6.10. The molecule has 5 nitrogen and oxygen atoms in total. The number of anilines is 1. The zero-order valence-corrected chi connectivity index (χ0v) is 11.0. The second kappa shape index (κ2) is 4.28. The van der Waals surface area contributed by atoms with Crippen LogP contribution in [0.5, 0.6) is 0 Å². The Bertz CT molecular complexity index is 581. The number of hydrogen-bond donors (Lipinski definition) is 1. The second-order valence-electron chi connectivity index (χ2n) is 4.81. The summed E-state index contributed by atoms with van der Waals surface area (Å²) in [5, 5.41) is 11.2. The monoisotopic (exact) mass is 265 g/mol. The van der Waals surface area contributed by atoms with E-state index in [0.29, 0.717) is 11.5 Å². The molecular weight excluding hydrogens is 250 g/mol. The molecular formula is C12H15N3O2S. The third kappa shape index (κ3) is 1.77. The number of aromatic nitrogens is 2. The van der Waals surface area contributed by atoms with Gasteiger partial charge in [-0.2, -0.15) is 0 Å².